The molecule has 15 heteroatoms. The number of anilines is 2. The summed E-state index contributed by atoms with van der Waals surface area (Å²) < 4.78 is 12.3. The van der Waals surface area contributed by atoms with Gasteiger partial charge in [0.1, 0.15) is 24.7 Å². The van der Waals surface area contributed by atoms with Crippen LogP contribution in [0.1, 0.15) is 66.9 Å². The summed E-state index contributed by atoms with van der Waals surface area (Å²) in [6.07, 6.45) is 0. The van der Waals surface area contributed by atoms with Gasteiger partial charge in [-0.05, 0) is 117 Å². The maximum atomic E-state index is 9.03. The number of halogens is 5. The number of nitriles is 1. The number of hydrogen-bond acceptors (Lipinski definition) is 9. The third-order valence-corrected chi connectivity index (χ3v) is 14.5. The molecule has 0 bridgehead atoms. The largest absolute Gasteiger partial charge is 0.491 e. The summed E-state index contributed by atoms with van der Waals surface area (Å²) in [5.41, 5.74) is 7.63. The Kier molecular flexibility index (Phi) is 22.5. The average Bonchev–Trinajstić information content (AvgIpc) is 3.39. The molecule has 0 unspecified atom stereocenters. The van der Waals surface area contributed by atoms with Crippen LogP contribution in [0.3, 0.4) is 0 Å². The molecule has 6 aromatic rings. The van der Waals surface area contributed by atoms with Gasteiger partial charge < -0.3 is 29.5 Å². The third-order valence-electron chi connectivity index (χ3n) is 12.7. The first-order chi connectivity index (χ1) is 34.8. The molecule has 0 aliphatic carbocycles. The smallest absolute Gasteiger partial charge is 0.187 e. The number of piperazine rings is 2. The van der Waals surface area contributed by atoms with Gasteiger partial charge in [0, 0.05) is 85.0 Å². The number of aliphatic hydroxyl groups excluding tert-OH is 2. The van der Waals surface area contributed by atoms with Crippen LogP contribution in [0.5, 0.6) is 11.5 Å². The molecule has 2 fully saturated rings. The number of ether oxygens (including phenoxy) is 2. The van der Waals surface area contributed by atoms with E-state index in [4.69, 9.17) is 77.9 Å². The predicted octanol–water partition coefficient (Wildman–Crippen LogP) is 13.7. The molecular weight excluding hydrogens is 1100 g/mol. The third kappa shape index (κ3) is 16.1. The van der Waals surface area contributed by atoms with Crippen LogP contribution in [0.15, 0.2) is 133 Å². The van der Waals surface area contributed by atoms with Gasteiger partial charge in [0.25, 0.3) is 0 Å². The summed E-state index contributed by atoms with van der Waals surface area (Å²) in [6.45, 7) is 20.8. The fraction of sp³-hybridized carbons (Fsp3) is 0.333. The van der Waals surface area contributed by atoms with Crippen molar-refractivity contribution in [3.05, 3.63) is 191 Å². The van der Waals surface area contributed by atoms with Crippen molar-refractivity contribution in [2.75, 3.05) is 88.6 Å². The van der Waals surface area contributed by atoms with Crippen LogP contribution in [-0.2, 0) is 0 Å². The normalized spacial score (nSPS) is 16.7. The van der Waals surface area contributed by atoms with Gasteiger partial charge in [-0.15, -0.1) is 0 Å². The van der Waals surface area contributed by atoms with Crippen LogP contribution in [0.2, 0.25) is 20.1 Å². The Balaban J connectivity index is 0.000000223. The topological polar surface area (TPSA) is 100 Å². The van der Waals surface area contributed by atoms with E-state index in [-0.39, 0.29) is 38.5 Å². The number of rotatable bonds is 16. The maximum Gasteiger partial charge on any atom is 0.187 e. The molecule has 378 valence electrons. The standard InChI is InChI=1S/C28H29Cl2N3O2.C27H29Cl2IN2O2.C2H3N/c1-20(21-5-9-24(31-2)10-6-21)18-32-13-14-33(28(19-32)22-3-7-23(29)8-4-22)27-12-11-25(17-26(27)30)35-16-15-34;1-19(20-4-8-23(30)9-5-20)17-31-12-13-32(27(18-31)21-2-6-22(28)7-3-21)26-11-10-24(16-25(26)29)34-15-14-33;1-2-3/h3-12,17,20,28,34H,13-16,18-19H2,1H3;2-11,16,19,27,33H,12-15,17-18H2,1H3;1H3/t20-,28-;19-,27-;/m00./s1. The van der Waals surface area contributed by atoms with Crippen molar-refractivity contribution in [3.8, 4) is 17.6 Å². The van der Waals surface area contributed by atoms with Gasteiger partial charge in [0.05, 0.1) is 59.4 Å². The van der Waals surface area contributed by atoms with E-state index in [2.05, 4.69) is 122 Å². The van der Waals surface area contributed by atoms with Crippen molar-refractivity contribution in [1.29, 1.82) is 5.26 Å². The molecule has 10 nitrogen and oxygen atoms in total. The molecule has 0 radical (unpaired) electrons. The van der Waals surface area contributed by atoms with Crippen LogP contribution in [0.4, 0.5) is 17.1 Å². The summed E-state index contributed by atoms with van der Waals surface area (Å²) in [5, 5.41) is 28.1. The van der Waals surface area contributed by atoms with Crippen molar-refractivity contribution in [2.45, 2.75) is 44.7 Å². The lowest BCUT2D eigenvalue weighted by Gasteiger charge is -2.44. The lowest BCUT2D eigenvalue weighted by molar-refractivity contribution is 0.201. The van der Waals surface area contributed by atoms with Crippen LogP contribution < -0.4 is 19.3 Å². The van der Waals surface area contributed by atoms with Gasteiger partial charge in [0.2, 0.25) is 0 Å². The molecule has 0 spiro atoms. The second-order valence-electron chi connectivity index (χ2n) is 17.7. The van der Waals surface area contributed by atoms with Crippen molar-refractivity contribution in [2.24, 2.45) is 0 Å². The maximum absolute atomic E-state index is 9.03. The fourth-order valence-corrected chi connectivity index (χ4v) is 10.3. The van der Waals surface area contributed by atoms with E-state index in [1.165, 1.54) is 32.7 Å². The number of aliphatic hydroxyl groups is 2. The Morgan fingerprint density at radius 2 is 1.01 bits per heavy atom. The highest BCUT2D eigenvalue weighted by atomic mass is 127. The summed E-state index contributed by atoms with van der Waals surface area (Å²) >= 11 is 28.1. The second kappa shape index (κ2) is 28.6. The van der Waals surface area contributed by atoms with E-state index < -0.39 is 0 Å². The van der Waals surface area contributed by atoms with E-state index in [9.17, 15) is 0 Å². The highest BCUT2D eigenvalue weighted by Gasteiger charge is 2.32. The highest BCUT2D eigenvalue weighted by molar-refractivity contribution is 14.1. The first-order valence-corrected chi connectivity index (χ1v) is 26.5. The summed E-state index contributed by atoms with van der Waals surface area (Å²) in [7, 11) is 0. The Hall–Kier alpha value is -4.77. The van der Waals surface area contributed by atoms with Crippen molar-refractivity contribution >= 4 is 86.1 Å². The van der Waals surface area contributed by atoms with Crippen LogP contribution in [0.25, 0.3) is 4.85 Å². The molecule has 0 saturated carbocycles. The fourth-order valence-electron chi connectivity index (χ4n) is 9.13. The Morgan fingerprint density at radius 1 is 0.625 bits per heavy atom. The Bertz CT molecular complexity index is 2710. The van der Waals surface area contributed by atoms with Crippen LogP contribution in [-0.4, -0.2) is 98.8 Å². The van der Waals surface area contributed by atoms with Gasteiger partial charge in [0.15, 0.2) is 5.69 Å². The van der Waals surface area contributed by atoms with E-state index >= 15 is 0 Å². The van der Waals surface area contributed by atoms with Gasteiger partial charge in [-0.1, -0.05) is 121 Å². The number of nitrogens with zero attached hydrogens (tertiary/aromatic N) is 6. The molecule has 0 aromatic heterocycles. The van der Waals surface area contributed by atoms with E-state index in [1.54, 1.807) is 6.07 Å². The van der Waals surface area contributed by atoms with Gasteiger partial charge in [-0.3, -0.25) is 9.80 Å². The van der Waals surface area contributed by atoms with Crippen molar-refractivity contribution < 1.29 is 19.7 Å². The minimum atomic E-state index is -0.0396. The number of hydrogen-bond donors (Lipinski definition) is 2. The summed E-state index contributed by atoms with van der Waals surface area (Å²) in [5.74, 6) is 2.10. The molecule has 2 aliphatic heterocycles. The zero-order chi connectivity index (χ0) is 51.6. The number of benzene rings is 6. The molecule has 2 saturated heterocycles. The van der Waals surface area contributed by atoms with Crippen LogP contribution in [0, 0.1) is 21.5 Å². The molecule has 2 heterocycles. The quantitative estimate of drug-likeness (QED) is 0.0725. The van der Waals surface area contributed by atoms with Crippen molar-refractivity contribution in [3.63, 3.8) is 0 Å². The van der Waals surface area contributed by atoms with E-state index in [0.29, 0.717) is 44.1 Å². The first-order valence-electron chi connectivity index (χ1n) is 23.9. The summed E-state index contributed by atoms with van der Waals surface area (Å²) in [6, 6.07) is 46.4. The minimum absolute atomic E-state index is 0.0272. The molecule has 6 aromatic carbocycles. The first kappa shape index (κ1) is 56.5. The van der Waals surface area contributed by atoms with Gasteiger partial charge >= 0.3 is 0 Å². The summed E-state index contributed by atoms with van der Waals surface area (Å²) in [4.78, 5) is 13.3. The lowest BCUT2D eigenvalue weighted by Crippen LogP contribution is -2.49. The predicted molar refractivity (Wildman–Crippen MR) is 304 cm³/mol. The van der Waals surface area contributed by atoms with Gasteiger partial charge in [-0.25, -0.2) is 4.85 Å². The average molecular weight is 1160 g/mol. The molecule has 4 atom stereocenters. The zero-order valence-electron chi connectivity index (χ0n) is 40.8. The SMILES string of the molecule is CC#N.C[C@@H](CN1CCN(c2ccc(OCCO)cc2Cl)[C@H](c2ccc(Cl)cc2)C1)c1ccc(I)cc1.[C-]#[N+]c1ccc([C@@H](C)CN2CCN(c3ccc(OCCO)cc3Cl)[C@H](c3ccc(Cl)cc3)C2)cc1. The Labute approximate surface area is 459 Å². The molecule has 2 aliphatic rings. The second-order valence-corrected chi connectivity index (χ2v) is 20.6. The van der Waals surface area contributed by atoms with E-state index in [0.717, 1.165) is 68.8 Å². The van der Waals surface area contributed by atoms with Crippen LogP contribution >= 0.6 is 69.0 Å². The minimum Gasteiger partial charge on any atom is -0.491 e. The molecule has 0 amide bonds. The van der Waals surface area contributed by atoms with Gasteiger partial charge in [-0.2, -0.15) is 5.26 Å². The lowest BCUT2D eigenvalue weighted by atomic mass is 9.97. The molecule has 2 N–H and O–H groups in total. The molecule has 8 rings (SSSR count). The zero-order valence-corrected chi connectivity index (χ0v) is 46.0. The van der Waals surface area contributed by atoms with E-state index in [1.807, 2.05) is 72.8 Å². The van der Waals surface area contributed by atoms with Crippen molar-refractivity contribution in [1.82, 2.24) is 9.80 Å². The highest BCUT2D eigenvalue weighted by Crippen LogP contribution is 2.40. The molecule has 72 heavy (non-hydrogen) atoms. The molecular formula is C57H61Cl4IN6O4. The Morgan fingerprint density at radius 3 is 1.38 bits per heavy atom. The monoisotopic (exact) mass is 1160 g/mol.